The number of anilines is 1. The maximum absolute atomic E-state index is 12.8. The van der Waals surface area contributed by atoms with Crippen molar-refractivity contribution in [2.24, 2.45) is 0 Å². The largest absolute Gasteiger partial charge is 0.369 e. The van der Waals surface area contributed by atoms with E-state index in [-0.39, 0.29) is 16.9 Å². The van der Waals surface area contributed by atoms with E-state index >= 15 is 0 Å². The normalized spacial score (nSPS) is 15.4. The van der Waals surface area contributed by atoms with Gasteiger partial charge in [-0.2, -0.15) is 0 Å². The van der Waals surface area contributed by atoms with Gasteiger partial charge in [0.2, 0.25) is 0 Å². The topological polar surface area (TPSA) is 44.3 Å². The number of alkyl halides is 1. The Hall–Kier alpha value is -2.50. The molecule has 0 aliphatic carbocycles. The first-order valence-electron chi connectivity index (χ1n) is 10.9. The number of hydrogen-bond acceptors (Lipinski definition) is 3. The summed E-state index contributed by atoms with van der Waals surface area (Å²) in [5, 5.41) is 3.29. The smallest absolute Gasteiger partial charge is 0.275 e. The van der Waals surface area contributed by atoms with Crippen molar-refractivity contribution in [2.45, 2.75) is 38.6 Å². The van der Waals surface area contributed by atoms with E-state index in [2.05, 4.69) is 59.9 Å². The van der Waals surface area contributed by atoms with E-state index in [1.807, 2.05) is 30.3 Å². The van der Waals surface area contributed by atoms with Gasteiger partial charge in [0.25, 0.3) is 5.56 Å². The molecular weight excluding hydrogens is 408 g/mol. The van der Waals surface area contributed by atoms with E-state index in [9.17, 15) is 4.79 Å². The fourth-order valence-electron chi connectivity index (χ4n) is 4.10. The quantitative estimate of drug-likeness (QED) is 0.595. The van der Waals surface area contributed by atoms with Gasteiger partial charge in [0.05, 0.1) is 22.8 Å². The lowest BCUT2D eigenvalue weighted by molar-refractivity contribution is 0.246. The molecule has 1 aliphatic rings. The summed E-state index contributed by atoms with van der Waals surface area (Å²) in [4.78, 5) is 17.6. The molecule has 0 unspecified atom stereocenters. The fourth-order valence-corrected chi connectivity index (χ4v) is 4.38. The van der Waals surface area contributed by atoms with Crippen LogP contribution in [0.4, 0.5) is 5.69 Å². The van der Waals surface area contributed by atoms with Gasteiger partial charge in [-0.25, -0.2) is 4.68 Å². The highest BCUT2D eigenvalue weighted by Gasteiger charge is 2.22. The molecule has 3 aromatic rings. The lowest BCUT2D eigenvalue weighted by Crippen LogP contribution is -2.46. The highest BCUT2D eigenvalue weighted by molar-refractivity contribution is 6.17. The van der Waals surface area contributed by atoms with Crippen LogP contribution in [0, 0.1) is 0 Å². The van der Waals surface area contributed by atoms with Gasteiger partial charge in [0.15, 0.2) is 0 Å². The molecule has 6 heteroatoms. The molecule has 1 N–H and O–H groups in total. The Balaban J connectivity index is 1.43. The van der Waals surface area contributed by atoms with E-state index in [1.165, 1.54) is 11.3 Å². The van der Waals surface area contributed by atoms with Gasteiger partial charge in [0, 0.05) is 38.4 Å². The Morgan fingerprint density at radius 3 is 2.13 bits per heavy atom. The highest BCUT2D eigenvalue weighted by Crippen LogP contribution is 2.25. The molecular formula is C25H31ClN4O. The molecule has 0 radical (unpaired) electrons. The molecule has 0 spiro atoms. The Morgan fingerprint density at radius 2 is 1.55 bits per heavy atom. The van der Waals surface area contributed by atoms with Crippen molar-refractivity contribution in [2.75, 3.05) is 31.1 Å². The minimum Gasteiger partial charge on any atom is -0.369 e. The predicted molar refractivity (Wildman–Crippen MR) is 129 cm³/mol. The number of nitrogens with one attached hydrogen (secondary N) is 1. The SMILES string of the molecule is CC(C)(C)c1ccc(N2CCN(Cc3[nH]n(-c4ccccc4)c(=O)c3CCl)CC2)cc1. The molecule has 4 rings (SSSR count). The molecule has 0 saturated carbocycles. The third kappa shape index (κ3) is 4.73. The van der Waals surface area contributed by atoms with Crippen molar-refractivity contribution in [3.8, 4) is 5.69 Å². The predicted octanol–water partition coefficient (Wildman–Crippen LogP) is 4.52. The maximum Gasteiger partial charge on any atom is 0.275 e. The van der Waals surface area contributed by atoms with Crippen molar-refractivity contribution < 1.29 is 0 Å². The standard InChI is InChI=1S/C25H31ClN4O/c1-25(2,3)19-9-11-20(12-10-19)29-15-13-28(14-16-29)18-23-22(17-26)24(31)30(27-23)21-7-5-4-6-8-21/h4-12,27H,13-18H2,1-3H3. The minimum absolute atomic E-state index is 0.0613. The Morgan fingerprint density at radius 1 is 0.903 bits per heavy atom. The molecule has 1 fully saturated rings. The fraction of sp³-hybridized carbons (Fsp3) is 0.400. The summed E-state index contributed by atoms with van der Waals surface area (Å²) < 4.78 is 1.60. The van der Waals surface area contributed by atoms with E-state index in [4.69, 9.17) is 11.6 Å². The second kappa shape index (κ2) is 8.93. The highest BCUT2D eigenvalue weighted by atomic mass is 35.5. The van der Waals surface area contributed by atoms with Gasteiger partial charge in [-0.05, 0) is 35.2 Å². The van der Waals surface area contributed by atoms with Gasteiger partial charge in [-0.3, -0.25) is 14.8 Å². The second-order valence-electron chi connectivity index (χ2n) is 9.24. The first-order chi connectivity index (χ1) is 14.9. The molecule has 1 saturated heterocycles. The number of aromatic nitrogens is 2. The molecule has 0 amide bonds. The van der Waals surface area contributed by atoms with Crippen LogP contribution >= 0.6 is 11.6 Å². The van der Waals surface area contributed by atoms with Gasteiger partial charge >= 0.3 is 0 Å². The van der Waals surface area contributed by atoms with Crippen LogP contribution in [0.2, 0.25) is 0 Å². The molecule has 1 aromatic heterocycles. The lowest BCUT2D eigenvalue weighted by atomic mass is 9.87. The monoisotopic (exact) mass is 438 g/mol. The van der Waals surface area contributed by atoms with E-state index in [0.29, 0.717) is 12.1 Å². The molecule has 1 aliphatic heterocycles. The third-order valence-electron chi connectivity index (χ3n) is 6.07. The van der Waals surface area contributed by atoms with Crippen LogP contribution in [-0.4, -0.2) is 40.9 Å². The summed E-state index contributed by atoms with van der Waals surface area (Å²) >= 11 is 6.14. The number of rotatable bonds is 5. The van der Waals surface area contributed by atoms with Crippen LogP contribution in [0.25, 0.3) is 5.69 Å². The first kappa shape index (κ1) is 21.7. The zero-order valence-electron chi connectivity index (χ0n) is 18.6. The lowest BCUT2D eigenvalue weighted by Gasteiger charge is -2.36. The zero-order valence-corrected chi connectivity index (χ0v) is 19.3. The summed E-state index contributed by atoms with van der Waals surface area (Å²) in [6, 6.07) is 18.6. The summed E-state index contributed by atoms with van der Waals surface area (Å²) in [5.74, 6) is 0.213. The van der Waals surface area contributed by atoms with Gasteiger partial charge < -0.3 is 4.90 Å². The number of H-pyrrole nitrogens is 1. The number of para-hydroxylation sites is 1. The van der Waals surface area contributed by atoms with Crippen LogP contribution in [-0.2, 0) is 17.8 Å². The third-order valence-corrected chi connectivity index (χ3v) is 6.34. The average molecular weight is 439 g/mol. The molecule has 0 bridgehead atoms. The van der Waals surface area contributed by atoms with Crippen LogP contribution < -0.4 is 10.5 Å². The summed E-state index contributed by atoms with van der Waals surface area (Å²) in [6.07, 6.45) is 0. The molecule has 31 heavy (non-hydrogen) atoms. The first-order valence-corrected chi connectivity index (χ1v) is 11.4. The van der Waals surface area contributed by atoms with Gasteiger partial charge in [-0.15, -0.1) is 11.6 Å². The Bertz CT molecular complexity index is 1060. The van der Waals surface area contributed by atoms with Crippen LogP contribution in [0.15, 0.2) is 59.4 Å². The van der Waals surface area contributed by atoms with Crippen LogP contribution in [0.1, 0.15) is 37.6 Å². The van der Waals surface area contributed by atoms with Gasteiger partial charge in [0.1, 0.15) is 0 Å². The van der Waals surface area contributed by atoms with Crippen molar-refractivity contribution in [3.05, 3.63) is 81.8 Å². The Kier molecular flexibility index (Phi) is 6.26. The zero-order chi connectivity index (χ0) is 22.0. The molecule has 5 nitrogen and oxygen atoms in total. The molecule has 0 atom stereocenters. The number of benzene rings is 2. The van der Waals surface area contributed by atoms with Crippen LogP contribution in [0.5, 0.6) is 0 Å². The molecule has 2 heterocycles. The van der Waals surface area contributed by atoms with Crippen LogP contribution in [0.3, 0.4) is 0 Å². The molecule has 164 valence electrons. The number of halogens is 1. The van der Waals surface area contributed by atoms with Gasteiger partial charge in [-0.1, -0.05) is 51.1 Å². The average Bonchev–Trinajstić information content (AvgIpc) is 3.09. The number of piperazine rings is 1. The minimum atomic E-state index is -0.0613. The number of hydrogen-bond donors (Lipinski definition) is 1. The summed E-state index contributed by atoms with van der Waals surface area (Å²) in [5.41, 5.74) is 5.14. The van der Waals surface area contributed by atoms with Crippen molar-refractivity contribution in [3.63, 3.8) is 0 Å². The van der Waals surface area contributed by atoms with E-state index in [1.54, 1.807) is 4.68 Å². The van der Waals surface area contributed by atoms with E-state index in [0.717, 1.165) is 37.6 Å². The maximum atomic E-state index is 12.8. The second-order valence-corrected chi connectivity index (χ2v) is 9.51. The van der Waals surface area contributed by atoms with Crippen molar-refractivity contribution in [1.82, 2.24) is 14.7 Å². The number of aromatic amines is 1. The summed E-state index contributed by atoms with van der Waals surface area (Å²) in [7, 11) is 0. The Labute approximate surface area is 189 Å². The number of nitrogens with zero attached hydrogens (tertiary/aromatic N) is 3. The van der Waals surface area contributed by atoms with Crippen molar-refractivity contribution >= 4 is 17.3 Å². The molecule has 2 aromatic carbocycles. The van der Waals surface area contributed by atoms with Crippen molar-refractivity contribution in [1.29, 1.82) is 0 Å². The van der Waals surface area contributed by atoms with E-state index < -0.39 is 0 Å². The summed E-state index contributed by atoms with van der Waals surface area (Å²) in [6.45, 7) is 11.3.